The molecule has 0 bridgehead atoms. The maximum absolute atomic E-state index is 13.6. The topological polar surface area (TPSA) is 111 Å². The van der Waals surface area contributed by atoms with Crippen molar-refractivity contribution in [3.63, 3.8) is 0 Å². The molecule has 82 heavy (non-hydrogen) atoms. The minimum Gasteiger partial charge on any atom is -0.456 e. The van der Waals surface area contributed by atoms with E-state index in [1.54, 1.807) is 0 Å². The number of quaternary nitrogens is 1. The Morgan fingerprint density at radius 2 is 0.780 bits per heavy atom. The van der Waals surface area contributed by atoms with Crippen LogP contribution in [-0.4, -0.2) is 74.3 Å². The Morgan fingerprint density at radius 1 is 0.439 bits per heavy atom. The van der Waals surface area contributed by atoms with Crippen LogP contribution in [-0.2, 0) is 27.9 Å². The van der Waals surface area contributed by atoms with E-state index in [2.05, 4.69) is 99.0 Å². The van der Waals surface area contributed by atoms with E-state index in [1.165, 1.54) is 154 Å². The number of rotatable bonds is 62. The Labute approximate surface area is 507 Å². The zero-order valence-electron chi connectivity index (χ0n) is 54.5. The molecule has 0 rings (SSSR count). The summed E-state index contributed by atoms with van der Waals surface area (Å²) in [5.41, 5.74) is 0. The Morgan fingerprint density at radius 3 is 1.17 bits per heavy atom. The lowest BCUT2D eigenvalue weighted by molar-refractivity contribution is -0.870. The molecule has 2 N–H and O–H groups in total. The van der Waals surface area contributed by atoms with Crippen LogP contribution in [0.2, 0.25) is 0 Å². The molecule has 0 spiro atoms. The third-order valence-electron chi connectivity index (χ3n) is 15.1. The Balaban J connectivity index is 5.15. The monoisotopic (exact) mass is 1170 g/mol. The van der Waals surface area contributed by atoms with Crippen molar-refractivity contribution in [2.45, 2.75) is 322 Å². The van der Waals surface area contributed by atoms with Crippen LogP contribution in [0.1, 0.15) is 310 Å². The fraction of sp³-hybridized carbons (Fsp3) is 0.778. The molecular weight excluding hydrogens is 1040 g/mol. The molecule has 0 aromatic rings. The fourth-order valence-corrected chi connectivity index (χ4v) is 10.6. The Bertz CT molecular complexity index is 1680. The SMILES string of the molecule is CC/C=C\C/C=C\C/C=C\C/C=C\C/C=C\C/C=C\CCCCCCCCC(=O)OC(/C=C/CCCCCCCCCCCC)C(COP(=O)(O)OCC[N+](C)(C)C)NC(=O)CCCCCCCCCCCCCCCCCCCCC. The van der Waals surface area contributed by atoms with Gasteiger partial charge in [0.05, 0.1) is 33.8 Å². The first-order valence-corrected chi connectivity index (χ1v) is 35.9. The van der Waals surface area contributed by atoms with Crippen LogP contribution < -0.4 is 5.32 Å². The van der Waals surface area contributed by atoms with Gasteiger partial charge < -0.3 is 19.4 Å². The summed E-state index contributed by atoms with van der Waals surface area (Å²) in [6, 6.07) is -0.857. The number of allylic oxidation sites excluding steroid dienone is 13. The smallest absolute Gasteiger partial charge is 0.456 e. The number of hydrogen-bond donors (Lipinski definition) is 2. The van der Waals surface area contributed by atoms with Gasteiger partial charge in [-0.1, -0.05) is 299 Å². The van der Waals surface area contributed by atoms with E-state index in [0.29, 0.717) is 17.4 Å². The van der Waals surface area contributed by atoms with Gasteiger partial charge in [0.2, 0.25) is 5.91 Å². The molecule has 3 atom stereocenters. The van der Waals surface area contributed by atoms with E-state index >= 15 is 0 Å². The highest BCUT2D eigenvalue weighted by Crippen LogP contribution is 2.43. The molecule has 1 amide bonds. The van der Waals surface area contributed by atoms with Gasteiger partial charge >= 0.3 is 13.8 Å². The molecule has 0 fully saturated rings. The molecule has 0 aromatic heterocycles. The van der Waals surface area contributed by atoms with Gasteiger partial charge in [-0.25, -0.2) is 4.57 Å². The number of hydrogen-bond acceptors (Lipinski definition) is 6. The zero-order valence-corrected chi connectivity index (χ0v) is 55.4. The second kappa shape index (κ2) is 61.3. The fourth-order valence-electron chi connectivity index (χ4n) is 9.83. The highest BCUT2D eigenvalue weighted by Gasteiger charge is 2.30. The molecular formula is C72H132N2O7P+. The molecule has 0 aliphatic heterocycles. The number of unbranched alkanes of at least 4 members (excludes halogenated alkanes) is 34. The molecule has 3 unspecified atom stereocenters. The van der Waals surface area contributed by atoms with Crippen molar-refractivity contribution in [2.24, 2.45) is 0 Å². The average Bonchev–Trinajstić information content (AvgIpc) is 3.44. The highest BCUT2D eigenvalue weighted by atomic mass is 31.2. The number of nitrogens with zero attached hydrogens (tertiary/aromatic N) is 1. The predicted molar refractivity (Wildman–Crippen MR) is 355 cm³/mol. The second-order valence-corrected chi connectivity index (χ2v) is 25.8. The molecule has 9 nitrogen and oxygen atoms in total. The van der Waals surface area contributed by atoms with Gasteiger partial charge in [0.25, 0.3) is 0 Å². The van der Waals surface area contributed by atoms with E-state index in [1.807, 2.05) is 33.3 Å². The van der Waals surface area contributed by atoms with Crippen LogP contribution in [0.4, 0.5) is 0 Å². The van der Waals surface area contributed by atoms with Crippen molar-refractivity contribution in [1.82, 2.24) is 5.32 Å². The highest BCUT2D eigenvalue weighted by molar-refractivity contribution is 7.47. The first-order valence-electron chi connectivity index (χ1n) is 34.4. The van der Waals surface area contributed by atoms with Gasteiger partial charge in [-0.2, -0.15) is 0 Å². The van der Waals surface area contributed by atoms with E-state index in [4.69, 9.17) is 13.8 Å². The van der Waals surface area contributed by atoms with Crippen molar-refractivity contribution in [2.75, 3.05) is 40.9 Å². The zero-order chi connectivity index (χ0) is 60.0. The lowest BCUT2D eigenvalue weighted by Gasteiger charge is -2.27. The molecule has 0 radical (unpaired) electrons. The summed E-state index contributed by atoms with van der Waals surface area (Å²) < 4.78 is 30.8. The third kappa shape index (κ3) is 61.7. The Kier molecular flexibility index (Phi) is 59.2. The largest absolute Gasteiger partial charge is 0.472 e. The average molecular weight is 1170 g/mol. The summed E-state index contributed by atoms with van der Waals surface area (Å²) >= 11 is 0. The molecule has 0 aliphatic rings. The number of ether oxygens (including phenoxy) is 1. The summed E-state index contributed by atoms with van der Waals surface area (Å²) in [6.45, 7) is 6.92. The normalized spacial score (nSPS) is 14.1. The van der Waals surface area contributed by atoms with Crippen molar-refractivity contribution in [3.05, 3.63) is 85.1 Å². The van der Waals surface area contributed by atoms with Gasteiger partial charge in [-0.05, 0) is 83.1 Å². The number of likely N-dealkylation sites (N-methyl/N-ethyl adjacent to an activating group) is 1. The van der Waals surface area contributed by atoms with Gasteiger partial charge in [0.15, 0.2) is 0 Å². The number of phosphoric ester groups is 1. The molecule has 0 aromatic carbocycles. The van der Waals surface area contributed by atoms with E-state index in [-0.39, 0.29) is 31.5 Å². The minimum atomic E-state index is -4.46. The molecule has 0 saturated carbocycles. The summed E-state index contributed by atoms with van der Waals surface area (Å²) in [6.07, 6.45) is 81.6. The van der Waals surface area contributed by atoms with Crippen LogP contribution in [0, 0.1) is 0 Å². The maximum atomic E-state index is 13.6. The van der Waals surface area contributed by atoms with Gasteiger partial charge in [-0.3, -0.25) is 18.6 Å². The maximum Gasteiger partial charge on any atom is 0.472 e. The molecule has 10 heteroatoms. The summed E-state index contributed by atoms with van der Waals surface area (Å²) in [5, 5.41) is 3.07. The number of esters is 1. The van der Waals surface area contributed by atoms with E-state index in [9.17, 15) is 19.0 Å². The molecule has 0 heterocycles. The van der Waals surface area contributed by atoms with Crippen LogP contribution >= 0.6 is 7.82 Å². The van der Waals surface area contributed by atoms with E-state index < -0.39 is 20.0 Å². The standard InChI is InChI=1S/C72H131N2O7P/c1-7-10-13-16-19-22-25-28-30-32-34-35-36-37-38-39-41-43-45-47-50-53-56-59-62-65-72(76)81-70(63-60-57-54-51-48-27-24-21-18-15-12-9-3)69(68-80-82(77,78)79-67-66-74(4,5)6)73-71(75)64-61-58-55-52-49-46-44-42-40-33-31-29-26-23-20-17-14-11-8-2/h10,13,19,22,28,30,34-35,37-38,41,43,60,63,69-70H,7-9,11-12,14-18,20-21,23-27,29,31-33,36,39-40,42,44-59,61-62,64-68H2,1-6H3,(H-,73,75,77,78)/p+1/b13-10-,22-19-,30-28-,35-34-,38-37-,43-41-,63-60+. The lowest BCUT2D eigenvalue weighted by Crippen LogP contribution is -2.47. The van der Waals surface area contributed by atoms with E-state index in [0.717, 1.165) is 122 Å². The summed E-state index contributed by atoms with van der Waals surface area (Å²) in [4.78, 5) is 37.9. The first-order chi connectivity index (χ1) is 39.9. The van der Waals surface area contributed by atoms with Crippen molar-refractivity contribution < 1.29 is 37.3 Å². The summed E-state index contributed by atoms with van der Waals surface area (Å²) in [5.74, 6) is -0.514. The van der Waals surface area contributed by atoms with Crippen LogP contribution in [0.3, 0.4) is 0 Å². The number of carbonyl (C=O) groups is 2. The summed E-state index contributed by atoms with van der Waals surface area (Å²) in [7, 11) is 1.49. The number of phosphoric acid groups is 1. The van der Waals surface area contributed by atoms with Gasteiger partial charge in [0.1, 0.15) is 19.3 Å². The molecule has 0 saturated heterocycles. The van der Waals surface area contributed by atoms with Crippen LogP contribution in [0.15, 0.2) is 85.1 Å². The Hall–Kier alpha value is -2.81. The van der Waals surface area contributed by atoms with Gasteiger partial charge in [-0.15, -0.1) is 0 Å². The lowest BCUT2D eigenvalue weighted by atomic mass is 10.0. The van der Waals surface area contributed by atoms with Crippen molar-refractivity contribution >= 4 is 19.7 Å². The quantitative estimate of drug-likeness (QED) is 0.0205. The van der Waals surface area contributed by atoms with Crippen molar-refractivity contribution in [3.8, 4) is 0 Å². The number of amides is 1. The second-order valence-electron chi connectivity index (χ2n) is 24.3. The minimum absolute atomic E-state index is 0.0361. The van der Waals surface area contributed by atoms with Crippen LogP contribution in [0.5, 0.6) is 0 Å². The molecule has 476 valence electrons. The van der Waals surface area contributed by atoms with Crippen molar-refractivity contribution in [1.29, 1.82) is 0 Å². The number of nitrogens with one attached hydrogen (secondary N) is 1. The van der Waals surface area contributed by atoms with Crippen LogP contribution in [0.25, 0.3) is 0 Å². The predicted octanol–water partition coefficient (Wildman–Crippen LogP) is 21.7. The first kappa shape index (κ1) is 79.2. The third-order valence-corrected chi connectivity index (χ3v) is 16.1. The van der Waals surface area contributed by atoms with Gasteiger partial charge in [0, 0.05) is 12.8 Å². The molecule has 0 aliphatic carbocycles. The number of carbonyl (C=O) groups excluding carboxylic acids is 2.